The number of carbonyl (C=O) groups is 4. The van der Waals surface area contributed by atoms with Crippen molar-refractivity contribution >= 4 is 23.6 Å². The van der Waals surface area contributed by atoms with Crippen LogP contribution in [0.1, 0.15) is 45.1 Å². The predicted octanol–water partition coefficient (Wildman–Crippen LogP) is 1.67. The van der Waals surface area contributed by atoms with Crippen molar-refractivity contribution in [2.24, 2.45) is 22.7 Å². The third-order valence-corrected chi connectivity index (χ3v) is 10.5. The van der Waals surface area contributed by atoms with Crippen molar-refractivity contribution < 1.29 is 58.3 Å². The number of ether oxygens (including phenoxy) is 2. The molecule has 15 heteroatoms. The second-order valence-corrected chi connectivity index (χ2v) is 12.8. The molecule has 2 unspecified atom stereocenters. The summed E-state index contributed by atoms with van der Waals surface area (Å²) in [6, 6.07) is 5.67. The topological polar surface area (TPSA) is 212 Å². The number of hydrogen-bond acceptors (Lipinski definition) is 12. The molecule has 8 atom stereocenters. The second kappa shape index (κ2) is 11.9. The predicted molar refractivity (Wildman–Crippen MR) is 153 cm³/mol. The van der Waals surface area contributed by atoms with Crippen molar-refractivity contribution in [1.29, 1.82) is 0 Å². The molecule has 1 amide bonds. The molecule has 0 heterocycles. The number of rotatable bonds is 9. The number of nitrogens with one attached hydrogen (secondary N) is 1. The van der Waals surface area contributed by atoms with Crippen LogP contribution in [0.3, 0.4) is 0 Å². The first-order chi connectivity index (χ1) is 21.6. The average molecular weight is 647 g/mol. The van der Waals surface area contributed by atoms with Crippen molar-refractivity contribution in [3.05, 3.63) is 63.7 Å². The summed E-state index contributed by atoms with van der Waals surface area (Å²) in [6.45, 7) is 1.06. The summed E-state index contributed by atoms with van der Waals surface area (Å²) >= 11 is 0. The van der Waals surface area contributed by atoms with Crippen molar-refractivity contribution in [3.8, 4) is 5.75 Å². The molecule has 4 aliphatic carbocycles. The number of nitrogens with zero attached hydrogens (tertiary/aromatic N) is 1. The van der Waals surface area contributed by atoms with Crippen LogP contribution >= 0.6 is 0 Å². The molecule has 0 saturated heterocycles. The van der Waals surface area contributed by atoms with E-state index in [1.165, 1.54) is 49.4 Å². The van der Waals surface area contributed by atoms with Crippen LogP contribution in [0.4, 0.5) is 9.18 Å². The van der Waals surface area contributed by atoms with E-state index in [1.54, 1.807) is 6.92 Å². The Kier molecular flexibility index (Phi) is 8.55. The van der Waals surface area contributed by atoms with Crippen LogP contribution in [-0.4, -0.2) is 80.7 Å². The van der Waals surface area contributed by atoms with Gasteiger partial charge in [0.2, 0.25) is 5.78 Å². The summed E-state index contributed by atoms with van der Waals surface area (Å²) in [7, 11) is 0. The minimum absolute atomic E-state index is 0.00454. The van der Waals surface area contributed by atoms with Gasteiger partial charge in [0.15, 0.2) is 23.7 Å². The molecule has 0 radical (unpaired) electrons. The molecule has 4 N–H and O–H groups in total. The maximum absolute atomic E-state index is 17.2. The van der Waals surface area contributed by atoms with Crippen molar-refractivity contribution in [2.45, 2.75) is 69.6 Å². The first kappa shape index (κ1) is 33.2. The summed E-state index contributed by atoms with van der Waals surface area (Å²) in [6.07, 6.45) is -0.172. The van der Waals surface area contributed by atoms with Gasteiger partial charge in [-0.25, -0.2) is 9.18 Å². The van der Waals surface area contributed by atoms with Crippen LogP contribution < -0.4 is 10.1 Å². The maximum atomic E-state index is 17.2. The van der Waals surface area contributed by atoms with Crippen LogP contribution in [0.2, 0.25) is 0 Å². The molecule has 5 rings (SSSR count). The van der Waals surface area contributed by atoms with Gasteiger partial charge < -0.3 is 34.9 Å². The van der Waals surface area contributed by atoms with Crippen molar-refractivity contribution in [2.75, 3.05) is 13.2 Å². The lowest BCUT2D eigenvalue weighted by molar-refractivity contribution is -0.763. The van der Waals surface area contributed by atoms with Crippen molar-refractivity contribution in [3.63, 3.8) is 0 Å². The van der Waals surface area contributed by atoms with E-state index in [0.717, 1.165) is 0 Å². The molecular formula is C31H35FN2O12. The van der Waals surface area contributed by atoms with Gasteiger partial charge in [0.25, 0.3) is 5.09 Å². The summed E-state index contributed by atoms with van der Waals surface area (Å²) in [5.74, 6) is -3.97. The average Bonchev–Trinajstić information content (AvgIpc) is 3.20. The number of halogens is 1. The lowest BCUT2D eigenvalue weighted by Gasteiger charge is -2.62. The van der Waals surface area contributed by atoms with Gasteiger partial charge in [-0.05, 0) is 68.4 Å². The van der Waals surface area contributed by atoms with E-state index in [0.29, 0.717) is 17.6 Å². The number of aliphatic hydroxyl groups excluding tert-OH is 2. The number of ketones is 2. The zero-order valence-corrected chi connectivity index (χ0v) is 25.1. The standard InChI is InChI=1S/C31H35FN2O12/c1-28-9-8-19(35)11-18(28)6-7-21-22-12-23(36)31(41,29(22,2)13-24(37)30(21,28)32)25(38)16-44-26(39)14-33-27(40)46-20-5-3-4-17(10-20)15-45-34(42)43/h3-5,8-11,21-24,36-37,41H,6-7,12-16H2,1-2H3,(H,33,40)/t21?,22?,23-,24+,28+,29+,30+,31+/m1/s1. The molecule has 0 aliphatic heterocycles. The number of alkyl halides is 1. The normalized spacial score (nSPS) is 36.0. The number of Topliss-reactive ketones (excluding diaryl/α,β-unsaturated/α-hetero) is 1. The zero-order valence-electron chi connectivity index (χ0n) is 25.1. The van der Waals surface area contributed by atoms with E-state index < -0.39 is 82.2 Å². The summed E-state index contributed by atoms with van der Waals surface area (Å²) < 4.78 is 27.2. The van der Waals surface area contributed by atoms with Gasteiger partial charge >= 0.3 is 12.1 Å². The fourth-order valence-electron chi connectivity index (χ4n) is 8.15. The highest BCUT2D eigenvalue weighted by Crippen LogP contribution is 2.69. The molecule has 0 bridgehead atoms. The summed E-state index contributed by atoms with van der Waals surface area (Å²) in [5.41, 5.74) is -6.59. The Labute approximate surface area is 262 Å². The van der Waals surface area contributed by atoms with E-state index in [4.69, 9.17) is 9.47 Å². The highest BCUT2D eigenvalue weighted by molar-refractivity contribution is 6.01. The monoisotopic (exact) mass is 646 g/mol. The molecule has 3 fully saturated rings. The first-order valence-corrected chi connectivity index (χ1v) is 14.8. The number of benzene rings is 1. The molecule has 14 nitrogen and oxygen atoms in total. The molecular weight excluding hydrogens is 611 g/mol. The first-order valence-electron chi connectivity index (χ1n) is 14.8. The van der Waals surface area contributed by atoms with Gasteiger partial charge in [0.05, 0.1) is 12.2 Å². The Hall–Kier alpha value is -4.21. The Morgan fingerprint density at radius 2 is 1.91 bits per heavy atom. The summed E-state index contributed by atoms with van der Waals surface area (Å²) in [4.78, 5) is 64.6. The Morgan fingerprint density at radius 1 is 1.17 bits per heavy atom. The van der Waals surface area contributed by atoms with Gasteiger partial charge in [-0.15, -0.1) is 10.1 Å². The van der Waals surface area contributed by atoms with E-state index in [2.05, 4.69) is 10.2 Å². The SMILES string of the molecule is C[C@]12C=CC(=O)C=C1CCC1C3C[C@@H](O)[C@](O)(C(=O)COC(=O)CNC(=O)Oc4cccc(CO[N+](=O)[O-])c4)[C@@]3(C)C[C@H](O)[C@@]12F. The minimum atomic E-state index is -2.48. The van der Waals surface area contributed by atoms with Crippen LogP contribution in [0.5, 0.6) is 5.75 Å². The van der Waals surface area contributed by atoms with Crippen LogP contribution in [0, 0.1) is 32.8 Å². The molecule has 1 aromatic carbocycles. The molecule has 4 aliphatic rings. The smallest absolute Gasteiger partial charge is 0.413 e. The van der Waals surface area contributed by atoms with Crippen molar-refractivity contribution in [1.82, 2.24) is 5.32 Å². The van der Waals surface area contributed by atoms with Gasteiger partial charge in [0, 0.05) is 16.7 Å². The fourth-order valence-corrected chi connectivity index (χ4v) is 8.15. The molecule has 0 aromatic heterocycles. The highest BCUT2D eigenvalue weighted by Gasteiger charge is 2.76. The number of esters is 1. The van der Waals surface area contributed by atoms with Crippen LogP contribution in [-0.2, 0) is 30.6 Å². The van der Waals surface area contributed by atoms with Crippen LogP contribution in [0.25, 0.3) is 0 Å². The van der Waals surface area contributed by atoms with Gasteiger partial charge in [-0.1, -0.05) is 30.7 Å². The summed E-state index contributed by atoms with van der Waals surface area (Å²) in [5, 5.41) is 45.7. The Balaban J connectivity index is 1.21. The lowest BCUT2D eigenvalue weighted by atomic mass is 9.44. The number of amides is 1. The highest BCUT2D eigenvalue weighted by atomic mass is 19.1. The van der Waals surface area contributed by atoms with Crippen LogP contribution in [0.15, 0.2) is 48.1 Å². The maximum Gasteiger partial charge on any atom is 0.413 e. The molecule has 1 aromatic rings. The minimum Gasteiger partial charge on any atom is -0.456 e. The molecule has 0 spiro atoms. The van der Waals surface area contributed by atoms with E-state index >= 15 is 4.39 Å². The lowest BCUT2D eigenvalue weighted by Crippen LogP contribution is -2.69. The Morgan fingerprint density at radius 3 is 2.63 bits per heavy atom. The van der Waals surface area contributed by atoms with Gasteiger partial charge in [0.1, 0.15) is 18.9 Å². The number of allylic oxidation sites excluding steroid dienone is 4. The third kappa shape index (κ3) is 5.25. The number of hydrogen-bond donors (Lipinski definition) is 4. The number of carbonyl (C=O) groups excluding carboxylic acids is 4. The number of aliphatic hydroxyl groups is 3. The fraction of sp³-hybridized carbons (Fsp3) is 0.548. The second-order valence-electron chi connectivity index (χ2n) is 12.8. The zero-order chi connectivity index (χ0) is 33.7. The largest absolute Gasteiger partial charge is 0.456 e. The molecule has 46 heavy (non-hydrogen) atoms. The van der Waals surface area contributed by atoms with E-state index in [9.17, 15) is 44.6 Å². The molecule has 248 valence electrons. The quantitative estimate of drug-likeness (QED) is 0.171. The van der Waals surface area contributed by atoms with Gasteiger partial charge in [-0.3, -0.25) is 14.4 Å². The third-order valence-electron chi connectivity index (χ3n) is 10.5. The number of fused-ring (bicyclic) bond motifs is 5. The van der Waals surface area contributed by atoms with E-state index in [-0.39, 0.29) is 37.4 Å². The molecule has 3 saturated carbocycles. The van der Waals surface area contributed by atoms with Gasteiger partial charge in [-0.2, -0.15) is 0 Å². The Bertz CT molecular complexity index is 1530. The van der Waals surface area contributed by atoms with E-state index in [1.807, 2.05) is 0 Å².